The van der Waals surface area contributed by atoms with E-state index in [4.69, 9.17) is 4.74 Å². The zero-order valence-corrected chi connectivity index (χ0v) is 17.0. The summed E-state index contributed by atoms with van der Waals surface area (Å²) in [4.78, 5) is 10.8. The van der Waals surface area contributed by atoms with Crippen LogP contribution in [0.5, 0.6) is 11.5 Å². The van der Waals surface area contributed by atoms with Gasteiger partial charge in [-0.3, -0.25) is 4.79 Å². The number of hydrogen-bond donors (Lipinski definition) is 1. The summed E-state index contributed by atoms with van der Waals surface area (Å²) in [5.41, 5.74) is 1.04. The van der Waals surface area contributed by atoms with Crippen LogP contribution < -0.4 is 4.74 Å². The topological polar surface area (TPSA) is 46.5 Å². The highest BCUT2D eigenvalue weighted by atomic mass is 16.5. The number of Topliss-reactive ketones (excluding diaryl/α,β-unsaturated/α-hetero) is 1. The fourth-order valence-electron chi connectivity index (χ4n) is 3.26. The van der Waals surface area contributed by atoms with E-state index in [2.05, 4.69) is 13.0 Å². The Labute approximate surface area is 159 Å². The van der Waals surface area contributed by atoms with Crippen LogP contribution in [-0.2, 0) is 4.79 Å². The van der Waals surface area contributed by atoms with Gasteiger partial charge in [-0.15, -0.1) is 0 Å². The fraction of sp³-hybridized carbons (Fsp3) is 0.609. The van der Waals surface area contributed by atoms with Crippen molar-refractivity contribution in [2.45, 2.75) is 72.6 Å². The standard InChI is InChI=1S/C14H20O2.C9H16O/c1-10-3-4-12(5-10)9-16-14-7-11(2)6-13(15)8-14;1-3-5-6-7-8-9(10)4-2/h6-8,10,12,15H,3-5,9H2,1-2H3;3,5H,4,6-8H2,1-2H3/b;5-3-. The van der Waals surface area contributed by atoms with E-state index in [1.807, 2.05) is 32.9 Å². The third-order valence-corrected chi connectivity index (χ3v) is 4.78. The maximum absolute atomic E-state index is 10.8. The van der Waals surface area contributed by atoms with Crippen molar-refractivity contribution in [3.8, 4) is 11.5 Å². The molecule has 0 aromatic heterocycles. The van der Waals surface area contributed by atoms with Crippen LogP contribution in [0.3, 0.4) is 0 Å². The zero-order chi connectivity index (χ0) is 19.4. The smallest absolute Gasteiger partial charge is 0.132 e. The average molecular weight is 361 g/mol. The Bertz CT molecular complexity index is 542. The van der Waals surface area contributed by atoms with Crippen LogP contribution in [-0.4, -0.2) is 17.5 Å². The molecule has 0 amide bonds. The summed E-state index contributed by atoms with van der Waals surface area (Å²) in [5.74, 6) is 2.99. The molecule has 1 fully saturated rings. The lowest BCUT2D eigenvalue weighted by molar-refractivity contribution is -0.118. The normalized spacial score (nSPS) is 19.2. The third kappa shape index (κ3) is 9.65. The number of phenolic OH excluding ortho intramolecular Hbond substituents is 1. The molecule has 146 valence electrons. The van der Waals surface area contributed by atoms with Crippen molar-refractivity contribution in [2.75, 3.05) is 6.61 Å². The molecule has 1 aliphatic carbocycles. The quantitative estimate of drug-likeness (QED) is 0.442. The monoisotopic (exact) mass is 360 g/mol. The van der Waals surface area contributed by atoms with Crippen molar-refractivity contribution < 1.29 is 14.6 Å². The lowest BCUT2D eigenvalue weighted by atomic mass is 10.1. The van der Waals surface area contributed by atoms with E-state index in [1.54, 1.807) is 12.1 Å². The van der Waals surface area contributed by atoms with Crippen molar-refractivity contribution in [1.29, 1.82) is 0 Å². The number of ketones is 1. The molecular formula is C23H36O3. The first-order valence-electron chi connectivity index (χ1n) is 10.0. The van der Waals surface area contributed by atoms with Crippen LogP contribution in [0.15, 0.2) is 30.4 Å². The molecule has 1 saturated carbocycles. The minimum Gasteiger partial charge on any atom is -0.508 e. The number of allylic oxidation sites excluding steroid dienone is 2. The molecule has 0 heterocycles. The van der Waals surface area contributed by atoms with Crippen molar-refractivity contribution in [2.24, 2.45) is 11.8 Å². The minimum absolute atomic E-state index is 0.287. The van der Waals surface area contributed by atoms with Crippen molar-refractivity contribution in [3.63, 3.8) is 0 Å². The van der Waals surface area contributed by atoms with E-state index in [9.17, 15) is 9.90 Å². The molecule has 0 saturated heterocycles. The highest BCUT2D eigenvalue weighted by Gasteiger charge is 2.21. The third-order valence-electron chi connectivity index (χ3n) is 4.78. The number of unbranched alkanes of at least 4 members (excludes halogenated alkanes) is 1. The number of rotatable bonds is 8. The lowest BCUT2D eigenvalue weighted by Crippen LogP contribution is -2.08. The van der Waals surface area contributed by atoms with Gasteiger partial charge in [0.1, 0.15) is 17.3 Å². The second-order valence-electron chi connectivity index (χ2n) is 7.45. The SMILES string of the molecule is C/C=C\CCCC(=O)CC.Cc1cc(O)cc(OCC2CCC(C)C2)c1. The van der Waals surface area contributed by atoms with E-state index in [0.717, 1.165) is 43.1 Å². The molecule has 1 aromatic rings. The second kappa shape index (κ2) is 12.6. The summed E-state index contributed by atoms with van der Waals surface area (Å²) in [6, 6.07) is 5.40. The van der Waals surface area contributed by atoms with E-state index in [-0.39, 0.29) is 5.75 Å². The zero-order valence-electron chi connectivity index (χ0n) is 17.0. The molecule has 26 heavy (non-hydrogen) atoms. The Hall–Kier alpha value is -1.77. The number of carbonyl (C=O) groups is 1. The Balaban J connectivity index is 0.000000294. The number of aryl methyl sites for hydroxylation is 1. The van der Waals surface area contributed by atoms with Crippen LogP contribution in [0.2, 0.25) is 0 Å². The summed E-state index contributed by atoms with van der Waals surface area (Å²) in [7, 11) is 0. The van der Waals surface area contributed by atoms with Gasteiger partial charge < -0.3 is 9.84 Å². The molecular weight excluding hydrogens is 324 g/mol. The van der Waals surface area contributed by atoms with E-state index in [1.165, 1.54) is 19.3 Å². The first-order chi connectivity index (χ1) is 12.4. The number of ether oxygens (including phenoxy) is 1. The molecule has 0 radical (unpaired) electrons. The molecule has 1 N–H and O–H groups in total. The molecule has 0 bridgehead atoms. The molecule has 1 aliphatic rings. The van der Waals surface area contributed by atoms with Gasteiger partial charge >= 0.3 is 0 Å². The van der Waals surface area contributed by atoms with Crippen LogP contribution in [0.25, 0.3) is 0 Å². The van der Waals surface area contributed by atoms with Crippen LogP contribution in [0.4, 0.5) is 0 Å². The van der Waals surface area contributed by atoms with Crippen LogP contribution >= 0.6 is 0 Å². The average Bonchev–Trinajstić information content (AvgIpc) is 3.02. The van der Waals surface area contributed by atoms with Gasteiger partial charge in [0.25, 0.3) is 0 Å². The first-order valence-corrected chi connectivity index (χ1v) is 10.0. The summed E-state index contributed by atoms with van der Waals surface area (Å²) in [6.07, 6.45) is 11.5. The molecule has 0 spiro atoms. The van der Waals surface area contributed by atoms with Crippen LogP contribution in [0, 0.1) is 18.8 Å². The largest absolute Gasteiger partial charge is 0.508 e. The Morgan fingerprint density at radius 2 is 2.08 bits per heavy atom. The highest BCUT2D eigenvalue weighted by Crippen LogP contribution is 2.31. The molecule has 1 aromatic carbocycles. The lowest BCUT2D eigenvalue weighted by Gasteiger charge is -2.12. The summed E-state index contributed by atoms with van der Waals surface area (Å²) in [5, 5.41) is 9.45. The number of hydrogen-bond acceptors (Lipinski definition) is 3. The number of aromatic hydroxyl groups is 1. The predicted octanol–water partition coefficient (Wildman–Crippen LogP) is 6.23. The summed E-state index contributed by atoms with van der Waals surface area (Å²) >= 11 is 0. The Kier molecular flexibility index (Phi) is 10.8. The van der Waals surface area contributed by atoms with Gasteiger partial charge in [-0.2, -0.15) is 0 Å². The van der Waals surface area contributed by atoms with Crippen molar-refractivity contribution in [1.82, 2.24) is 0 Å². The molecule has 2 unspecified atom stereocenters. The number of benzene rings is 1. The fourth-order valence-corrected chi connectivity index (χ4v) is 3.26. The summed E-state index contributed by atoms with van der Waals surface area (Å²) < 4.78 is 5.74. The van der Waals surface area contributed by atoms with E-state index in [0.29, 0.717) is 18.1 Å². The minimum atomic E-state index is 0.287. The number of carbonyl (C=O) groups excluding carboxylic acids is 1. The van der Waals surface area contributed by atoms with Crippen molar-refractivity contribution >= 4 is 5.78 Å². The van der Waals surface area contributed by atoms with Gasteiger partial charge in [0.05, 0.1) is 6.61 Å². The predicted molar refractivity (Wildman–Crippen MR) is 109 cm³/mol. The first kappa shape index (κ1) is 22.3. The highest BCUT2D eigenvalue weighted by molar-refractivity contribution is 5.77. The van der Waals surface area contributed by atoms with E-state index < -0.39 is 0 Å². The maximum Gasteiger partial charge on any atom is 0.132 e. The summed E-state index contributed by atoms with van der Waals surface area (Å²) in [6.45, 7) is 8.97. The molecule has 2 atom stereocenters. The van der Waals surface area contributed by atoms with Gasteiger partial charge in [0.15, 0.2) is 0 Å². The van der Waals surface area contributed by atoms with Gasteiger partial charge in [0, 0.05) is 18.9 Å². The molecule has 3 heteroatoms. The Morgan fingerprint density at radius 3 is 2.65 bits per heavy atom. The van der Waals surface area contributed by atoms with E-state index >= 15 is 0 Å². The van der Waals surface area contributed by atoms with Crippen molar-refractivity contribution in [3.05, 3.63) is 35.9 Å². The van der Waals surface area contributed by atoms with Gasteiger partial charge in [-0.25, -0.2) is 0 Å². The Morgan fingerprint density at radius 1 is 1.31 bits per heavy atom. The molecule has 2 rings (SSSR count). The van der Waals surface area contributed by atoms with Crippen LogP contribution in [0.1, 0.15) is 71.3 Å². The molecule has 0 aliphatic heterocycles. The van der Waals surface area contributed by atoms with Gasteiger partial charge in [-0.05, 0) is 69.1 Å². The maximum atomic E-state index is 10.8. The number of phenols is 1. The molecule has 3 nitrogen and oxygen atoms in total. The van der Waals surface area contributed by atoms with Gasteiger partial charge in [0.2, 0.25) is 0 Å². The second-order valence-corrected chi connectivity index (χ2v) is 7.45. The van der Waals surface area contributed by atoms with Gasteiger partial charge in [-0.1, -0.05) is 32.4 Å².